The van der Waals surface area contributed by atoms with Gasteiger partial charge in [0.25, 0.3) is 0 Å². The molecule has 0 bridgehead atoms. The number of carbonyl (C=O) groups excluding carboxylic acids is 1. The average molecular weight is 374 g/mol. The Hall–Kier alpha value is -1.74. The van der Waals surface area contributed by atoms with Gasteiger partial charge in [0.2, 0.25) is 0 Å². The molecule has 4 nitrogen and oxygen atoms in total. The first-order valence-electron chi connectivity index (χ1n) is 9.15. The molecular weight excluding hydrogens is 347 g/mol. The van der Waals surface area contributed by atoms with Crippen LogP contribution in [0.2, 0.25) is 0 Å². The van der Waals surface area contributed by atoms with E-state index in [0.717, 1.165) is 17.5 Å². The highest BCUT2D eigenvalue weighted by Gasteiger charge is 2.29. The molecule has 2 aromatic rings. The van der Waals surface area contributed by atoms with Crippen LogP contribution in [-0.2, 0) is 30.2 Å². The molecule has 0 heterocycles. The molecule has 0 aliphatic heterocycles. The summed E-state index contributed by atoms with van der Waals surface area (Å²) in [4.78, 5) is 33.1. The fourth-order valence-electron chi connectivity index (χ4n) is 3.40. The molecule has 0 saturated carbocycles. The van der Waals surface area contributed by atoms with Gasteiger partial charge >= 0.3 is 7.60 Å². The minimum Gasteiger partial charge on any atom is -0.321 e. The highest BCUT2D eigenvalue weighted by Crippen LogP contribution is 2.37. The van der Waals surface area contributed by atoms with Crippen LogP contribution < -0.4 is 5.30 Å². The summed E-state index contributed by atoms with van der Waals surface area (Å²) >= 11 is 0. The van der Waals surface area contributed by atoms with E-state index < -0.39 is 7.60 Å². The van der Waals surface area contributed by atoms with Gasteiger partial charge in [-0.3, -0.25) is 9.36 Å². The van der Waals surface area contributed by atoms with Crippen molar-refractivity contribution in [1.29, 1.82) is 0 Å². The quantitative estimate of drug-likeness (QED) is 0.568. The van der Waals surface area contributed by atoms with Crippen molar-refractivity contribution in [3.63, 3.8) is 0 Å². The minimum atomic E-state index is -4.55. The second-order valence-electron chi connectivity index (χ2n) is 6.39. The second kappa shape index (κ2) is 8.30. The lowest BCUT2D eigenvalue weighted by atomic mass is 9.87. The third kappa shape index (κ3) is 3.98. The number of benzene rings is 2. The van der Waals surface area contributed by atoms with Crippen LogP contribution in [0.3, 0.4) is 0 Å². The van der Waals surface area contributed by atoms with Crippen molar-refractivity contribution in [2.45, 2.75) is 53.4 Å². The summed E-state index contributed by atoms with van der Waals surface area (Å²) in [7, 11) is -4.55. The average Bonchev–Trinajstić information content (AvgIpc) is 2.64. The monoisotopic (exact) mass is 374 g/mol. The molecule has 0 unspecified atom stereocenters. The molecule has 0 aliphatic carbocycles. The lowest BCUT2D eigenvalue weighted by Crippen LogP contribution is -2.22. The van der Waals surface area contributed by atoms with Crippen molar-refractivity contribution in [2.24, 2.45) is 0 Å². The first-order chi connectivity index (χ1) is 12.3. The minimum absolute atomic E-state index is 0.164. The van der Waals surface area contributed by atoms with Crippen LogP contribution in [0, 0.1) is 0 Å². The fraction of sp³-hybridized carbons (Fsp3) is 0.381. The van der Waals surface area contributed by atoms with Crippen molar-refractivity contribution in [1.82, 2.24) is 0 Å². The third-order valence-electron chi connectivity index (χ3n) is 4.81. The SMILES string of the molecule is CCc1cc(CC)c(C(=O)c2c(CC)cccc2P(=O)(O)O)c(CC)c1. The molecule has 5 heteroatoms. The van der Waals surface area contributed by atoms with Crippen LogP contribution in [0.5, 0.6) is 0 Å². The number of ketones is 1. The molecule has 0 fully saturated rings. The van der Waals surface area contributed by atoms with Crippen LogP contribution in [0.25, 0.3) is 0 Å². The summed E-state index contributed by atoms with van der Waals surface area (Å²) in [5, 5.41) is -0.175. The van der Waals surface area contributed by atoms with Gasteiger partial charge < -0.3 is 9.79 Å². The normalized spacial score (nSPS) is 11.6. The number of rotatable bonds is 7. The summed E-state index contributed by atoms with van der Waals surface area (Å²) in [6.07, 6.45) is 2.81. The molecule has 0 saturated heterocycles. The first-order valence-corrected chi connectivity index (χ1v) is 10.8. The number of carbonyl (C=O) groups is 1. The summed E-state index contributed by atoms with van der Waals surface area (Å²) in [6, 6.07) is 8.82. The molecular formula is C21H27O4P. The van der Waals surface area contributed by atoms with E-state index in [4.69, 9.17) is 0 Å². The first kappa shape index (κ1) is 20.6. The van der Waals surface area contributed by atoms with Crippen molar-refractivity contribution in [3.8, 4) is 0 Å². The molecule has 26 heavy (non-hydrogen) atoms. The van der Waals surface area contributed by atoms with E-state index in [-0.39, 0.29) is 16.7 Å². The maximum absolute atomic E-state index is 13.5. The number of hydrogen-bond acceptors (Lipinski definition) is 2. The zero-order valence-corrected chi connectivity index (χ0v) is 16.8. The van der Waals surface area contributed by atoms with E-state index in [1.165, 1.54) is 11.6 Å². The van der Waals surface area contributed by atoms with Gasteiger partial charge in [-0.15, -0.1) is 0 Å². The molecule has 2 N–H and O–H groups in total. The second-order valence-corrected chi connectivity index (χ2v) is 7.96. The molecule has 0 atom stereocenters. The summed E-state index contributed by atoms with van der Waals surface area (Å²) in [5.74, 6) is -0.280. The third-order valence-corrected chi connectivity index (χ3v) is 5.81. The smallest absolute Gasteiger partial charge is 0.321 e. The zero-order chi connectivity index (χ0) is 19.5. The zero-order valence-electron chi connectivity index (χ0n) is 15.9. The standard InChI is InChI=1S/C21H27O4P/c1-5-14-12-16(7-3)19(17(8-4)13-14)21(22)20-15(6-2)10-9-11-18(20)26(23,24)25/h9-13H,5-8H2,1-4H3,(H2,23,24,25). The van der Waals surface area contributed by atoms with Crippen LogP contribution >= 0.6 is 7.60 Å². The van der Waals surface area contributed by atoms with Crippen molar-refractivity contribution >= 4 is 18.7 Å². The van der Waals surface area contributed by atoms with E-state index in [1.807, 2.05) is 32.9 Å². The van der Waals surface area contributed by atoms with Crippen molar-refractivity contribution < 1.29 is 19.1 Å². The molecule has 0 radical (unpaired) electrons. The van der Waals surface area contributed by atoms with Crippen LogP contribution in [-0.4, -0.2) is 15.6 Å². The Balaban J connectivity index is 2.81. The molecule has 0 spiro atoms. The highest BCUT2D eigenvalue weighted by molar-refractivity contribution is 7.60. The predicted octanol–water partition coefficient (Wildman–Crippen LogP) is 3.97. The van der Waals surface area contributed by atoms with Gasteiger partial charge in [-0.2, -0.15) is 0 Å². The Morgan fingerprint density at radius 1 is 0.846 bits per heavy atom. The van der Waals surface area contributed by atoms with E-state index >= 15 is 0 Å². The molecule has 2 rings (SSSR count). The van der Waals surface area contributed by atoms with Crippen LogP contribution in [0.1, 0.15) is 65.9 Å². The van der Waals surface area contributed by atoms with Gasteiger partial charge in [0.1, 0.15) is 0 Å². The Bertz CT molecular complexity index is 839. The summed E-state index contributed by atoms with van der Waals surface area (Å²) in [5.41, 5.74) is 4.48. The maximum atomic E-state index is 13.5. The lowest BCUT2D eigenvalue weighted by molar-refractivity contribution is 0.103. The topological polar surface area (TPSA) is 74.6 Å². The molecule has 0 amide bonds. The molecule has 2 aromatic carbocycles. The van der Waals surface area contributed by atoms with Crippen LogP contribution in [0.4, 0.5) is 0 Å². The maximum Gasteiger partial charge on any atom is 0.356 e. The van der Waals surface area contributed by atoms with Gasteiger partial charge in [-0.05, 0) is 54.0 Å². The molecule has 140 valence electrons. The Morgan fingerprint density at radius 3 is 1.81 bits per heavy atom. The Kier molecular flexibility index (Phi) is 6.57. The van der Waals surface area contributed by atoms with E-state index in [0.29, 0.717) is 30.4 Å². The fourth-order valence-corrected chi connectivity index (χ4v) is 4.22. The predicted molar refractivity (Wildman–Crippen MR) is 106 cm³/mol. The van der Waals surface area contributed by atoms with E-state index in [1.54, 1.807) is 12.1 Å². The van der Waals surface area contributed by atoms with E-state index in [9.17, 15) is 19.1 Å². The van der Waals surface area contributed by atoms with Gasteiger partial charge in [-0.25, -0.2) is 0 Å². The van der Waals surface area contributed by atoms with Gasteiger partial charge in [0.15, 0.2) is 5.78 Å². The van der Waals surface area contributed by atoms with Gasteiger partial charge in [0, 0.05) is 11.1 Å². The Morgan fingerprint density at radius 2 is 1.38 bits per heavy atom. The molecule has 0 aromatic heterocycles. The lowest BCUT2D eigenvalue weighted by Gasteiger charge is -2.19. The van der Waals surface area contributed by atoms with Gasteiger partial charge in [0.05, 0.1) is 5.30 Å². The highest BCUT2D eigenvalue weighted by atomic mass is 31.2. The number of aryl methyl sites for hydroxylation is 4. The number of hydrogen-bond donors (Lipinski definition) is 2. The summed E-state index contributed by atoms with van der Waals surface area (Å²) in [6.45, 7) is 7.96. The summed E-state index contributed by atoms with van der Waals surface area (Å²) < 4.78 is 12.0. The largest absolute Gasteiger partial charge is 0.356 e. The van der Waals surface area contributed by atoms with Crippen LogP contribution in [0.15, 0.2) is 30.3 Å². The van der Waals surface area contributed by atoms with E-state index in [2.05, 4.69) is 6.92 Å². The van der Waals surface area contributed by atoms with Crippen molar-refractivity contribution in [3.05, 3.63) is 63.7 Å². The Labute approximate surface area is 155 Å². The van der Waals surface area contributed by atoms with Crippen molar-refractivity contribution in [2.75, 3.05) is 0 Å². The molecule has 0 aliphatic rings. The van der Waals surface area contributed by atoms with Gasteiger partial charge in [-0.1, -0.05) is 52.0 Å².